The van der Waals surface area contributed by atoms with E-state index in [0.29, 0.717) is 29.8 Å². The lowest BCUT2D eigenvalue weighted by atomic mass is 10.3. The number of para-hydroxylation sites is 2. The van der Waals surface area contributed by atoms with E-state index in [-0.39, 0.29) is 0 Å². The van der Waals surface area contributed by atoms with Crippen LogP contribution in [0.5, 0.6) is 5.75 Å². The lowest BCUT2D eigenvalue weighted by Gasteiger charge is -2.08. The number of fused-ring (bicyclic) bond motifs is 1. The number of hydrogen-bond donors (Lipinski definition) is 0. The molecular formula is C20H17ClN4O2S. The highest BCUT2D eigenvalue weighted by Crippen LogP contribution is 2.25. The Kier molecular flexibility index (Phi) is 5.64. The Labute approximate surface area is 171 Å². The number of halogens is 1. The topological polar surface area (TPSA) is 66.0 Å². The van der Waals surface area contributed by atoms with Gasteiger partial charge in [-0.05, 0) is 36.4 Å². The van der Waals surface area contributed by atoms with Crippen molar-refractivity contribution in [2.75, 3.05) is 0 Å². The van der Waals surface area contributed by atoms with Crippen molar-refractivity contribution in [2.45, 2.75) is 24.1 Å². The monoisotopic (exact) mass is 412 g/mol. The number of benzene rings is 2. The Morgan fingerprint density at radius 2 is 1.96 bits per heavy atom. The molecule has 4 aromatic rings. The molecule has 0 aliphatic rings. The number of oxazole rings is 1. The molecule has 8 heteroatoms. The van der Waals surface area contributed by atoms with Crippen molar-refractivity contribution >= 4 is 34.5 Å². The third-order valence-corrected chi connectivity index (χ3v) is 5.15. The molecule has 0 amide bonds. The van der Waals surface area contributed by atoms with Gasteiger partial charge >= 0.3 is 0 Å². The molecule has 2 heterocycles. The second-order valence-corrected chi connectivity index (χ2v) is 7.28. The van der Waals surface area contributed by atoms with Crippen LogP contribution in [0.1, 0.15) is 11.7 Å². The van der Waals surface area contributed by atoms with Gasteiger partial charge in [0, 0.05) is 11.6 Å². The van der Waals surface area contributed by atoms with Gasteiger partial charge in [0.2, 0.25) is 5.89 Å². The molecule has 0 bridgehead atoms. The molecular weight excluding hydrogens is 396 g/mol. The zero-order valence-corrected chi connectivity index (χ0v) is 16.5. The van der Waals surface area contributed by atoms with Crippen LogP contribution in [-0.4, -0.2) is 19.7 Å². The van der Waals surface area contributed by atoms with Crippen molar-refractivity contribution in [1.82, 2.24) is 19.7 Å². The van der Waals surface area contributed by atoms with Crippen LogP contribution in [0.2, 0.25) is 5.02 Å². The fraction of sp³-hybridized carbons (Fsp3) is 0.150. The van der Waals surface area contributed by atoms with E-state index in [4.69, 9.17) is 20.8 Å². The van der Waals surface area contributed by atoms with Gasteiger partial charge in [-0.3, -0.25) is 4.57 Å². The summed E-state index contributed by atoms with van der Waals surface area (Å²) in [5.74, 6) is 2.65. The van der Waals surface area contributed by atoms with Crippen LogP contribution < -0.4 is 4.74 Å². The average Bonchev–Trinajstić information content (AvgIpc) is 3.30. The fourth-order valence-electron chi connectivity index (χ4n) is 2.63. The average molecular weight is 413 g/mol. The van der Waals surface area contributed by atoms with Crippen molar-refractivity contribution < 1.29 is 9.15 Å². The Hall–Kier alpha value is -2.77. The van der Waals surface area contributed by atoms with Gasteiger partial charge in [-0.25, -0.2) is 4.98 Å². The summed E-state index contributed by atoms with van der Waals surface area (Å²) in [6, 6.07) is 14.9. The molecule has 0 N–H and O–H groups in total. The summed E-state index contributed by atoms with van der Waals surface area (Å²) in [6.07, 6.45) is 1.80. The van der Waals surface area contributed by atoms with Crippen LogP contribution >= 0.6 is 23.4 Å². The lowest BCUT2D eigenvalue weighted by molar-refractivity contribution is 0.289. The van der Waals surface area contributed by atoms with Crippen LogP contribution in [0.15, 0.2) is 70.8 Å². The zero-order chi connectivity index (χ0) is 19.3. The maximum Gasteiger partial charge on any atom is 0.205 e. The summed E-state index contributed by atoms with van der Waals surface area (Å²) < 4.78 is 13.5. The number of aromatic nitrogens is 4. The summed E-state index contributed by atoms with van der Waals surface area (Å²) in [4.78, 5) is 4.49. The van der Waals surface area contributed by atoms with E-state index in [1.165, 1.54) is 11.8 Å². The largest absolute Gasteiger partial charge is 0.486 e. The molecule has 142 valence electrons. The lowest BCUT2D eigenvalue weighted by Crippen LogP contribution is -2.07. The Morgan fingerprint density at radius 1 is 1.14 bits per heavy atom. The predicted molar refractivity (Wildman–Crippen MR) is 110 cm³/mol. The number of nitrogens with zero attached hydrogens (tertiary/aromatic N) is 4. The Bertz CT molecular complexity index is 1060. The molecule has 0 fully saturated rings. The number of rotatable bonds is 8. The van der Waals surface area contributed by atoms with Gasteiger partial charge < -0.3 is 9.15 Å². The van der Waals surface area contributed by atoms with E-state index in [2.05, 4.69) is 21.8 Å². The maximum absolute atomic E-state index is 5.90. The normalized spacial score (nSPS) is 11.0. The molecule has 0 spiro atoms. The van der Waals surface area contributed by atoms with Crippen LogP contribution in [0.3, 0.4) is 0 Å². The van der Waals surface area contributed by atoms with Crippen molar-refractivity contribution in [3.8, 4) is 5.75 Å². The van der Waals surface area contributed by atoms with Gasteiger partial charge in [0.25, 0.3) is 0 Å². The highest BCUT2D eigenvalue weighted by Gasteiger charge is 2.14. The van der Waals surface area contributed by atoms with E-state index in [9.17, 15) is 0 Å². The number of thioether (sulfide) groups is 1. The second-order valence-electron chi connectivity index (χ2n) is 5.90. The third kappa shape index (κ3) is 4.21. The number of allylic oxidation sites excluding steroid dienone is 1. The number of hydrogen-bond acceptors (Lipinski definition) is 6. The van der Waals surface area contributed by atoms with Crippen molar-refractivity contribution in [1.29, 1.82) is 0 Å². The van der Waals surface area contributed by atoms with Crippen LogP contribution in [0.4, 0.5) is 0 Å². The summed E-state index contributed by atoms with van der Waals surface area (Å²) in [6.45, 7) is 4.70. The van der Waals surface area contributed by atoms with Gasteiger partial charge in [0.15, 0.2) is 16.6 Å². The zero-order valence-electron chi connectivity index (χ0n) is 14.9. The summed E-state index contributed by atoms with van der Waals surface area (Å²) >= 11 is 7.41. The highest BCUT2D eigenvalue weighted by atomic mass is 35.5. The molecule has 0 saturated carbocycles. The van der Waals surface area contributed by atoms with Crippen LogP contribution in [0.25, 0.3) is 11.1 Å². The molecule has 2 aromatic carbocycles. The SMILES string of the molecule is C=CCn1c(COc2ccc(Cl)cc2)nnc1SCc1nc2ccccc2o1. The molecule has 0 radical (unpaired) electrons. The van der Waals surface area contributed by atoms with Crippen molar-refractivity contribution in [2.24, 2.45) is 0 Å². The first-order valence-electron chi connectivity index (χ1n) is 8.61. The second kappa shape index (κ2) is 8.50. The minimum atomic E-state index is 0.298. The smallest absolute Gasteiger partial charge is 0.205 e. The Balaban J connectivity index is 1.46. The molecule has 4 rings (SSSR count). The molecule has 6 nitrogen and oxygen atoms in total. The first kappa shape index (κ1) is 18.6. The van der Waals surface area contributed by atoms with E-state index < -0.39 is 0 Å². The van der Waals surface area contributed by atoms with Crippen LogP contribution in [0, 0.1) is 0 Å². The van der Waals surface area contributed by atoms with E-state index in [1.807, 2.05) is 41.0 Å². The molecule has 0 saturated heterocycles. The summed E-state index contributed by atoms with van der Waals surface area (Å²) in [7, 11) is 0. The van der Waals surface area contributed by atoms with E-state index >= 15 is 0 Å². The van der Waals surface area contributed by atoms with E-state index in [0.717, 1.165) is 27.8 Å². The molecule has 0 aliphatic carbocycles. The number of ether oxygens (including phenoxy) is 1. The Morgan fingerprint density at radius 3 is 2.75 bits per heavy atom. The van der Waals surface area contributed by atoms with Gasteiger partial charge in [-0.1, -0.05) is 41.6 Å². The van der Waals surface area contributed by atoms with Crippen LogP contribution in [-0.2, 0) is 18.9 Å². The first-order valence-corrected chi connectivity index (χ1v) is 9.98. The third-order valence-electron chi connectivity index (χ3n) is 3.95. The first-order chi connectivity index (χ1) is 13.7. The quantitative estimate of drug-likeness (QED) is 0.295. The minimum Gasteiger partial charge on any atom is -0.486 e. The van der Waals surface area contributed by atoms with Gasteiger partial charge in [0.05, 0.1) is 5.75 Å². The summed E-state index contributed by atoms with van der Waals surface area (Å²) in [5, 5.41) is 9.98. The van der Waals surface area contributed by atoms with Gasteiger partial charge in [-0.15, -0.1) is 16.8 Å². The van der Waals surface area contributed by atoms with Crippen molar-refractivity contribution in [3.63, 3.8) is 0 Å². The van der Waals surface area contributed by atoms with Crippen molar-refractivity contribution in [3.05, 3.63) is 77.9 Å². The van der Waals surface area contributed by atoms with Gasteiger partial charge in [0.1, 0.15) is 17.9 Å². The molecule has 0 aliphatic heterocycles. The summed E-state index contributed by atoms with van der Waals surface area (Å²) in [5.41, 5.74) is 1.63. The molecule has 2 aromatic heterocycles. The fourth-order valence-corrected chi connectivity index (χ4v) is 3.57. The van der Waals surface area contributed by atoms with Gasteiger partial charge in [-0.2, -0.15) is 0 Å². The van der Waals surface area contributed by atoms with E-state index in [1.54, 1.807) is 18.2 Å². The molecule has 0 unspecified atom stereocenters. The standard InChI is InChI=1S/C20H17ClN4O2S/c1-2-11-25-18(12-26-15-9-7-14(21)8-10-15)23-24-20(25)28-13-19-22-16-5-3-4-6-17(16)27-19/h2-10H,1,11-13H2. The minimum absolute atomic E-state index is 0.298. The molecule has 28 heavy (non-hydrogen) atoms. The molecule has 0 atom stereocenters. The maximum atomic E-state index is 5.90. The highest BCUT2D eigenvalue weighted by molar-refractivity contribution is 7.98. The predicted octanol–water partition coefficient (Wildman–Crippen LogP) is 5.13.